The van der Waals surface area contributed by atoms with Crippen LogP contribution in [0.1, 0.15) is 15.9 Å². The average molecular weight is 268 g/mol. The Morgan fingerprint density at radius 2 is 2.00 bits per heavy atom. The van der Waals surface area contributed by atoms with Gasteiger partial charge in [-0.3, -0.25) is 0 Å². The first-order chi connectivity index (χ1) is 8.67. The van der Waals surface area contributed by atoms with Crippen molar-refractivity contribution < 1.29 is 14.6 Å². The van der Waals surface area contributed by atoms with Crippen LogP contribution in [0.25, 0.3) is 0 Å². The molecule has 0 bridgehead atoms. The third-order valence-electron chi connectivity index (χ3n) is 2.23. The largest absolute Gasteiger partial charge is 0.465 e. The van der Waals surface area contributed by atoms with Gasteiger partial charge in [-0.1, -0.05) is 12.1 Å². The van der Waals surface area contributed by atoms with E-state index in [2.05, 4.69) is 15.4 Å². The highest BCUT2D eigenvalue weighted by atomic mass is 32.1. The molecule has 0 radical (unpaired) electrons. The van der Waals surface area contributed by atoms with E-state index in [9.17, 15) is 4.79 Å². The zero-order chi connectivity index (χ0) is 13.4. The highest BCUT2D eigenvalue weighted by Crippen LogP contribution is 2.05. The van der Waals surface area contributed by atoms with Gasteiger partial charge in [0.1, 0.15) is 0 Å². The maximum Gasteiger partial charge on any atom is 0.337 e. The highest BCUT2D eigenvalue weighted by Gasteiger charge is 2.04. The van der Waals surface area contributed by atoms with Crippen LogP contribution in [-0.4, -0.2) is 36.4 Å². The molecular formula is C12H16N2O3S. The fourth-order valence-corrected chi connectivity index (χ4v) is 1.47. The van der Waals surface area contributed by atoms with Crippen LogP contribution in [0.2, 0.25) is 0 Å². The summed E-state index contributed by atoms with van der Waals surface area (Å²) < 4.78 is 4.61. The predicted molar refractivity (Wildman–Crippen MR) is 72.3 cm³/mol. The molecule has 0 fully saturated rings. The molecule has 0 saturated heterocycles. The molecule has 0 atom stereocenters. The zero-order valence-electron chi connectivity index (χ0n) is 10.1. The van der Waals surface area contributed by atoms with Crippen LogP contribution >= 0.6 is 12.2 Å². The lowest BCUT2D eigenvalue weighted by Gasteiger charge is -2.09. The molecule has 0 aliphatic heterocycles. The smallest absolute Gasteiger partial charge is 0.337 e. The summed E-state index contributed by atoms with van der Waals surface area (Å²) in [6.45, 7) is 1.02. The molecule has 0 heterocycles. The Hall–Kier alpha value is -1.66. The lowest BCUT2D eigenvalue weighted by molar-refractivity contribution is 0.0600. The van der Waals surface area contributed by atoms with Crippen molar-refractivity contribution in [3.8, 4) is 0 Å². The van der Waals surface area contributed by atoms with Crippen LogP contribution in [0, 0.1) is 0 Å². The monoisotopic (exact) mass is 268 g/mol. The number of aliphatic hydroxyl groups excluding tert-OH is 1. The molecule has 0 aliphatic carbocycles. The number of thiocarbonyl (C=S) groups is 1. The molecule has 6 heteroatoms. The van der Waals surface area contributed by atoms with Gasteiger partial charge in [0.25, 0.3) is 0 Å². The predicted octanol–water partition coefficient (Wildman–Crippen LogP) is 0.430. The van der Waals surface area contributed by atoms with Gasteiger partial charge in [0.15, 0.2) is 5.11 Å². The van der Waals surface area contributed by atoms with Crippen molar-refractivity contribution in [1.82, 2.24) is 10.6 Å². The number of esters is 1. The van der Waals surface area contributed by atoms with Crippen molar-refractivity contribution in [3.63, 3.8) is 0 Å². The Morgan fingerprint density at radius 1 is 1.33 bits per heavy atom. The van der Waals surface area contributed by atoms with E-state index in [1.807, 2.05) is 12.1 Å². The first kappa shape index (κ1) is 14.4. The van der Waals surface area contributed by atoms with Gasteiger partial charge in [0.2, 0.25) is 0 Å². The Balaban J connectivity index is 2.44. The molecule has 0 spiro atoms. The van der Waals surface area contributed by atoms with Gasteiger partial charge in [-0.25, -0.2) is 4.79 Å². The molecular weight excluding hydrogens is 252 g/mol. The van der Waals surface area contributed by atoms with Crippen molar-refractivity contribution >= 4 is 23.3 Å². The van der Waals surface area contributed by atoms with Crippen molar-refractivity contribution in [3.05, 3.63) is 35.4 Å². The number of hydrogen-bond donors (Lipinski definition) is 3. The fraction of sp³-hybridized carbons (Fsp3) is 0.333. The minimum Gasteiger partial charge on any atom is -0.465 e. The summed E-state index contributed by atoms with van der Waals surface area (Å²) in [6, 6.07) is 7.06. The summed E-state index contributed by atoms with van der Waals surface area (Å²) in [6.07, 6.45) is 0. The lowest BCUT2D eigenvalue weighted by Crippen LogP contribution is -2.36. The molecule has 0 amide bonds. The Kier molecular flexibility index (Phi) is 6.10. The molecule has 1 aromatic carbocycles. The molecule has 18 heavy (non-hydrogen) atoms. The van der Waals surface area contributed by atoms with Gasteiger partial charge in [0.05, 0.1) is 19.3 Å². The second-order valence-corrected chi connectivity index (χ2v) is 3.93. The molecule has 3 N–H and O–H groups in total. The van der Waals surface area contributed by atoms with E-state index in [1.54, 1.807) is 12.1 Å². The number of aliphatic hydroxyl groups is 1. The minimum atomic E-state index is -0.352. The van der Waals surface area contributed by atoms with Crippen molar-refractivity contribution in [2.45, 2.75) is 6.54 Å². The zero-order valence-corrected chi connectivity index (χ0v) is 10.9. The summed E-state index contributed by atoms with van der Waals surface area (Å²) in [5.74, 6) is -0.352. The van der Waals surface area contributed by atoms with Crippen LogP contribution in [0.5, 0.6) is 0 Å². The van der Waals surface area contributed by atoms with Gasteiger partial charge >= 0.3 is 5.97 Å². The van der Waals surface area contributed by atoms with E-state index >= 15 is 0 Å². The number of carbonyl (C=O) groups is 1. The average Bonchev–Trinajstić information content (AvgIpc) is 2.42. The number of ether oxygens (including phenoxy) is 1. The second kappa shape index (κ2) is 7.62. The summed E-state index contributed by atoms with van der Waals surface area (Å²) in [7, 11) is 1.35. The highest BCUT2D eigenvalue weighted by molar-refractivity contribution is 7.80. The van der Waals surface area contributed by atoms with Gasteiger partial charge in [-0.15, -0.1) is 0 Å². The SMILES string of the molecule is COC(=O)c1ccc(CNC(=S)NCCO)cc1. The van der Waals surface area contributed by atoms with E-state index < -0.39 is 0 Å². The first-order valence-electron chi connectivity index (χ1n) is 5.47. The summed E-state index contributed by atoms with van der Waals surface area (Å²) in [4.78, 5) is 11.2. The van der Waals surface area contributed by atoms with Crippen LogP contribution in [0.3, 0.4) is 0 Å². The molecule has 0 unspecified atom stereocenters. The second-order valence-electron chi connectivity index (χ2n) is 3.52. The van der Waals surface area contributed by atoms with E-state index in [0.29, 0.717) is 23.8 Å². The van der Waals surface area contributed by atoms with Gasteiger partial charge in [0, 0.05) is 13.1 Å². The molecule has 0 saturated carbocycles. The fourth-order valence-electron chi connectivity index (χ4n) is 1.29. The van der Waals surface area contributed by atoms with E-state index in [4.69, 9.17) is 17.3 Å². The lowest BCUT2D eigenvalue weighted by atomic mass is 10.1. The number of nitrogens with one attached hydrogen (secondary N) is 2. The molecule has 5 nitrogen and oxygen atoms in total. The number of methoxy groups -OCH3 is 1. The summed E-state index contributed by atoms with van der Waals surface area (Å²) in [5, 5.41) is 14.9. The van der Waals surface area contributed by atoms with Crippen LogP contribution in [0.4, 0.5) is 0 Å². The Morgan fingerprint density at radius 3 is 2.56 bits per heavy atom. The normalized spacial score (nSPS) is 9.67. The van der Waals surface area contributed by atoms with E-state index in [0.717, 1.165) is 5.56 Å². The maximum atomic E-state index is 11.2. The van der Waals surface area contributed by atoms with Crippen LogP contribution < -0.4 is 10.6 Å². The number of carbonyl (C=O) groups excluding carboxylic acids is 1. The third-order valence-corrected chi connectivity index (χ3v) is 2.51. The third kappa shape index (κ3) is 4.68. The molecule has 1 aromatic rings. The van der Waals surface area contributed by atoms with Crippen molar-refractivity contribution in [2.24, 2.45) is 0 Å². The van der Waals surface area contributed by atoms with E-state index in [-0.39, 0.29) is 12.6 Å². The topological polar surface area (TPSA) is 70.6 Å². The van der Waals surface area contributed by atoms with Gasteiger partial charge in [-0.05, 0) is 29.9 Å². The standard InChI is InChI=1S/C12H16N2O3S/c1-17-11(16)10-4-2-9(3-5-10)8-14-12(18)13-6-7-15/h2-5,15H,6-8H2,1H3,(H2,13,14,18). The Bertz CT molecular complexity index is 406. The molecule has 98 valence electrons. The van der Waals surface area contributed by atoms with Crippen LogP contribution in [0.15, 0.2) is 24.3 Å². The molecule has 1 rings (SSSR count). The van der Waals surface area contributed by atoms with E-state index in [1.165, 1.54) is 7.11 Å². The van der Waals surface area contributed by atoms with Crippen molar-refractivity contribution in [1.29, 1.82) is 0 Å². The molecule has 0 aromatic heterocycles. The number of hydrogen-bond acceptors (Lipinski definition) is 4. The minimum absolute atomic E-state index is 0.0373. The summed E-state index contributed by atoms with van der Waals surface area (Å²) >= 11 is 5.00. The Labute approximate surface area is 111 Å². The number of rotatable bonds is 5. The first-order valence-corrected chi connectivity index (χ1v) is 5.88. The van der Waals surface area contributed by atoms with Gasteiger partial charge < -0.3 is 20.5 Å². The number of benzene rings is 1. The van der Waals surface area contributed by atoms with Crippen molar-refractivity contribution in [2.75, 3.05) is 20.3 Å². The molecule has 0 aliphatic rings. The van der Waals surface area contributed by atoms with Gasteiger partial charge in [-0.2, -0.15) is 0 Å². The maximum absolute atomic E-state index is 11.2. The quantitative estimate of drug-likeness (QED) is 0.531. The van der Waals surface area contributed by atoms with Crippen LogP contribution in [-0.2, 0) is 11.3 Å². The summed E-state index contributed by atoms with van der Waals surface area (Å²) in [5.41, 5.74) is 1.51.